The van der Waals surface area contributed by atoms with Crippen LogP contribution in [0.15, 0.2) is 24.6 Å². The topological polar surface area (TPSA) is 38.0 Å². The third-order valence-electron chi connectivity index (χ3n) is 1.10. The molecule has 0 radical (unpaired) electrons. The van der Waals surface area contributed by atoms with E-state index in [0.29, 0.717) is 0 Å². The van der Waals surface area contributed by atoms with Gasteiger partial charge in [0.25, 0.3) is 0 Å². The zero-order valence-corrected chi connectivity index (χ0v) is 6.61. The Kier molecular flexibility index (Phi) is 4.46. The van der Waals surface area contributed by atoms with Crippen LogP contribution in [0.25, 0.3) is 0 Å². The first-order valence-electron chi connectivity index (χ1n) is 3.45. The highest BCUT2D eigenvalue weighted by molar-refractivity contribution is 4.88. The number of allylic oxidation sites excluding steroid dienone is 2. The molecule has 58 valence electrons. The number of hydrogen-bond acceptors (Lipinski definition) is 2. The van der Waals surface area contributed by atoms with Gasteiger partial charge in [0.2, 0.25) is 0 Å². The van der Waals surface area contributed by atoms with Crippen LogP contribution in [0.4, 0.5) is 0 Å². The molecule has 0 bridgehead atoms. The van der Waals surface area contributed by atoms with Crippen molar-refractivity contribution in [2.45, 2.75) is 19.8 Å². The van der Waals surface area contributed by atoms with Gasteiger partial charge >= 0.3 is 0 Å². The molecule has 0 unspecified atom stereocenters. The molecule has 0 spiro atoms. The van der Waals surface area contributed by atoms with Gasteiger partial charge in [-0.25, -0.2) is 0 Å². The molecule has 0 fully saturated rings. The fourth-order valence-corrected chi connectivity index (χ4v) is 0.617. The Labute approximate surface area is 62.8 Å². The van der Waals surface area contributed by atoms with Crippen LogP contribution in [0, 0.1) is 0 Å². The molecule has 0 heterocycles. The van der Waals surface area contributed by atoms with Gasteiger partial charge < -0.3 is 11.1 Å². The minimum atomic E-state index is 0.753. The third-order valence-corrected chi connectivity index (χ3v) is 1.10. The molecule has 0 aliphatic rings. The van der Waals surface area contributed by atoms with Gasteiger partial charge in [0.05, 0.1) is 0 Å². The van der Waals surface area contributed by atoms with Crippen molar-refractivity contribution in [2.24, 2.45) is 5.73 Å². The minimum absolute atomic E-state index is 0.753. The van der Waals surface area contributed by atoms with Crippen LogP contribution in [0.5, 0.6) is 0 Å². The highest BCUT2D eigenvalue weighted by atomic mass is 14.9. The summed E-state index contributed by atoms with van der Waals surface area (Å²) in [7, 11) is 0. The van der Waals surface area contributed by atoms with E-state index in [1.807, 2.05) is 6.92 Å². The fourth-order valence-electron chi connectivity index (χ4n) is 0.617. The zero-order valence-electron chi connectivity index (χ0n) is 6.61. The second kappa shape index (κ2) is 4.91. The predicted molar refractivity (Wildman–Crippen MR) is 45.4 cm³/mol. The molecular formula is C8H16N2. The molecule has 0 aromatic rings. The number of hydrogen-bond donors (Lipinski definition) is 2. The number of rotatable bonds is 5. The Morgan fingerprint density at radius 3 is 2.50 bits per heavy atom. The quantitative estimate of drug-likeness (QED) is 0.566. The summed E-state index contributed by atoms with van der Waals surface area (Å²) in [6.07, 6.45) is 1.92. The van der Waals surface area contributed by atoms with Crippen LogP contribution in [0.3, 0.4) is 0 Å². The summed E-state index contributed by atoms with van der Waals surface area (Å²) in [5, 5.41) is 3.11. The van der Waals surface area contributed by atoms with Crippen LogP contribution in [0.2, 0.25) is 0 Å². The van der Waals surface area contributed by atoms with E-state index in [1.165, 1.54) is 0 Å². The fraction of sp³-hybridized carbons (Fsp3) is 0.500. The first-order valence-corrected chi connectivity index (χ1v) is 3.45. The van der Waals surface area contributed by atoms with Crippen LogP contribution in [-0.4, -0.2) is 6.54 Å². The SMILES string of the molecule is C=C(N)CCCNC(=C)C. The molecule has 0 saturated carbocycles. The first kappa shape index (κ1) is 9.08. The lowest BCUT2D eigenvalue weighted by Gasteiger charge is -2.03. The Morgan fingerprint density at radius 1 is 1.50 bits per heavy atom. The Balaban J connectivity index is 3.06. The van der Waals surface area contributed by atoms with Gasteiger partial charge in [-0.3, -0.25) is 0 Å². The van der Waals surface area contributed by atoms with Gasteiger partial charge in [0.1, 0.15) is 0 Å². The van der Waals surface area contributed by atoms with Crippen molar-refractivity contribution in [3.8, 4) is 0 Å². The largest absolute Gasteiger partial charge is 0.403 e. The lowest BCUT2D eigenvalue weighted by atomic mass is 10.2. The van der Waals surface area contributed by atoms with Crippen molar-refractivity contribution in [1.82, 2.24) is 5.32 Å². The summed E-state index contributed by atoms with van der Waals surface area (Å²) in [5.41, 5.74) is 7.12. The molecule has 3 N–H and O–H groups in total. The Hall–Kier alpha value is -0.920. The molecule has 0 aliphatic heterocycles. The van der Waals surface area contributed by atoms with Crippen molar-refractivity contribution in [1.29, 1.82) is 0 Å². The van der Waals surface area contributed by atoms with E-state index < -0.39 is 0 Å². The average molecular weight is 140 g/mol. The van der Waals surface area contributed by atoms with Crippen LogP contribution in [-0.2, 0) is 0 Å². The molecule has 2 nitrogen and oxygen atoms in total. The molecule has 0 atom stereocenters. The summed E-state index contributed by atoms with van der Waals surface area (Å²) in [6, 6.07) is 0. The lowest BCUT2D eigenvalue weighted by Crippen LogP contribution is -2.12. The van der Waals surface area contributed by atoms with Crippen molar-refractivity contribution in [3.05, 3.63) is 24.6 Å². The molecule has 0 aromatic heterocycles. The van der Waals surface area contributed by atoms with E-state index in [2.05, 4.69) is 18.5 Å². The predicted octanol–water partition coefficient (Wildman–Crippen LogP) is 1.36. The van der Waals surface area contributed by atoms with E-state index in [9.17, 15) is 0 Å². The maximum absolute atomic E-state index is 5.36. The van der Waals surface area contributed by atoms with Gasteiger partial charge in [0, 0.05) is 17.9 Å². The van der Waals surface area contributed by atoms with Gasteiger partial charge in [-0.1, -0.05) is 13.2 Å². The van der Waals surface area contributed by atoms with Gasteiger partial charge in [-0.15, -0.1) is 0 Å². The Morgan fingerprint density at radius 2 is 2.10 bits per heavy atom. The van der Waals surface area contributed by atoms with Crippen LogP contribution >= 0.6 is 0 Å². The molecule has 0 aliphatic carbocycles. The third kappa shape index (κ3) is 7.08. The standard InChI is InChI=1S/C8H16N2/c1-7(2)10-6-4-5-8(3)9/h10H,1,3-6,9H2,2H3. The smallest absolute Gasteiger partial charge is 0.0147 e. The van der Waals surface area contributed by atoms with Gasteiger partial charge in [0.15, 0.2) is 0 Å². The van der Waals surface area contributed by atoms with E-state index in [-0.39, 0.29) is 0 Å². The van der Waals surface area contributed by atoms with E-state index in [0.717, 1.165) is 30.8 Å². The van der Waals surface area contributed by atoms with Crippen LogP contribution < -0.4 is 11.1 Å². The molecule has 10 heavy (non-hydrogen) atoms. The molecule has 0 rings (SSSR count). The number of nitrogens with two attached hydrogens (primary N) is 1. The van der Waals surface area contributed by atoms with Crippen LogP contribution in [0.1, 0.15) is 19.8 Å². The van der Waals surface area contributed by atoms with Crippen molar-refractivity contribution in [3.63, 3.8) is 0 Å². The minimum Gasteiger partial charge on any atom is -0.403 e. The second-order valence-electron chi connectivity index (χ2n) is 2.47. The van der Waals surface area contributed by atoms with E-state index in [1.54, 1.807) is 0 Å². The molecule has 2 heteroatoms. The molecular weight excluding hydrogens is 124 g/mol. The second-order valence-corrected chi connectivity index (χ2v) is 2.47. The summed E-state index contributed by atoms with van der Waals surface area (Å²) >= 11 is 0. The average Bonchev–Trinajstić information content (AvgIpc) is 1.79. The van der Waals surface area contributed by atoms with Crippen molar-refractivity contribution >= 4 is 0 Å². The maximum atomic E-state index is 5.36. The summed E-state index contributed by atoms with van der Waals surface area (Å²) < 4.78 is 0. The zero-order chi connectivity index (χ0) is 7.98. The Bertz CT molecular complexity index is 111. The van der Waals surface area contributed by atoms with Crippen molar-refractivity contribution < 1.29 is 0 Å². The normalized spacial score (nSPS) is 8.90. The highest BCUT2D eigenvalue weighted by Gasteiger charge is 1.87. The molecule has 0 aromatic carbocycles. The van der Waals surface area contributed by atoms with E-state index in [4.69, 9.17) is 5.73 Å². The summed E-state index contributed by atoms with van der Waals surface area (Å²) in [5.74, 6) is 0. The van der Waals surface area contributed by atoms with Gasteiger partial charge in [-0.2, -0.15) is 0 Å². The molecule has 0 saturated heterocycles. The van der Waals surface area contributed by atoms with Crippen molar-refractivity contribution in [2.75, 3.05) is 6.54 Å². The maximum Gasteiger partial charge on any atom is 0.0147 e. The monoisotopic (exact) mass is 140 g/mol. The summed E-state index contributed by atoms with van der Waals surface area (Å²) in [6.45, 7) is 10.2. The highest BCUT2D eigenvalue weighted by Crippen LogP contribution is 1.93. The van der Waals surface area contributed by atoms with E-state index >= 15 is 0 Å². The first-order chi connectivity index (χ1) is 4.63. The summed E-state index contributed by atoms with van der Waals surface area (Å²) in [4.78, 5) is 0. The number of nitrogens with one attached hydrogen (secondary N) is 1. The van der Waals surface area contributed by atoms with Gasteiger partial charge in [-0.05, 0) is 19.8 Å². The lowest BCUT2D eigenvalue weighted by molar-refractivity contribution is 0.720. The molecule has 0 amide bonds.